The van der Waals surface area contributed by atoms with Crippen LogP contribution in [0.3, 0.4) is 0 Å². The van der Waals surface area contributed by atoms with Crippen LogP contribution in [0.15, 0.2) is 22.9 Å². The van der Waals surface area contributed by atoms with Crippen LogP contribution in [0.1, 0.15) is 5.56 Å². The molecule has 0 aliphatic carbocycles. The highest BCUT2D eigenvalue weighted by Gasteiger charge is 2.05. The standard InChI is InChI=1S/C7H7BrClNO2S/c8-7-3-6(4-10-5-7)1-2-13(9,11)12/h3-5H,1-2H2. The monoisotopic (exact) mass is 283 g/mol. The average molecular weight is 285 g/mol. The quantitative estimate of drug-likeness (QED) is 0.797. The van der Waals surface area contributed by atoms with Gasteiger partial charge in [0.15, 0.2) is 0 Å². The SMILES string of the molecule is O=S(=O)(Cl)CCc1cncc(Br)c1. The molecule has 0 amide bonds. The molecule has 0 saturated carbocycles. The summed E-state index contributed by atoms with van der Waals surface area (Å²) in [6.45, 7) is 0. The van der Waals surface area contributed by atoms with E-state index in [1.54, 1.807) is 12.4 Å². The van der Waals surface area contributed by atoms with Gasteiger partial charge in [0.25, 0.3) is 0 Å². The molecule has 1 heterocycles. The van der Waals surface area contributed by atoms with Crippen molar-refractivity contribution in [1.82, 2.24) is 4.98 Å². The zero-order valence-corrected chi connectivity index (χ0v) is 9.73. The fraction of sp³-hybridized carbons (Fsp3) is 0.286. The van der Waals surface area contributed by atoms with E-state index >= 15 is 0 Å². The topological polar surface area (TPSA) is 47.0 Å². The number of aryl methyl sites for hydroxylation is 1. The van der Waals surface area contributed by atoms with Crippen LogP contribution in [0.25, 0.3) is 0 Å². The third-order valence-electron chi connectivity index (χ3n) is 1.40. The third-order valence-corrected chi connectivity index (χ3v) is 2.98. The first kappa shape index (κ1) is 10.9. The molecular formula is C7H7BrClNO2S. The van der Waals surface area contributed by atoms with Gasteiger partial charge in [-0.1, -0.05) is 0 Å². The average Bonchev–Trinajstić information content (AvgIpc) is 2.00. The maximum absolute atomic E-state index is 10.6. The van der Waals surface area contributed by atoms with E-state index in [1.165, 1.54) is 0 Å². The predicted molar refractivity (Wildman–Crippen MR) is 55.3 cm³/mol. The Balaban J connectivity index is 2.65. The van der Waals surface area contributed by atoms with Gasteiger partial charge in [-0.3, -0.25) is 4.98 Å². The molecule has 0 fully saturated rings. The van der Waals surface area contributed by atoms with Crippen molar-refractivity contribution in [3.05, 3.63) is 28.5 Å². The molecule has 6 heteroatoms. The molecular weight excluding hydrogens is 278 g/mol. The van der Waals surface area contributed by atoms with Crippen LogP contribution in [0.5, 0.6) is 0 Å². The van der Waals surface area contributed by atoms with E-state index in [0.717, 1.165) is 10.0 Å². The van der Waals surface area contributed by atoms with Crippen molar-refractivity contribution in [1.29, 1.82) is 0 Å². The first-order valence-corrected chi connectivity index (χ1v) is 6.76. The largest absolute Gasteiger partial charge is 0.263 e. The Bertz CT molecular complexity index is 393. The zero-order valence-electron chi connectivity index (χ0n) is 6.57. The van der Waals surface area contributed by atoms with E-state index in [-0.39, 0.29) is 5.75 Å². The Morgan fingerprint density at radius 2 is 2.15 bits per heavy atom. The maximum atomic E-state index is 10.6. The zero-order chi connectivity index (χ0) is 9.90. The summed E-state index contributed by atoms with van der Waals surface area (Å²) in [6, 6.07) is 1.81. The van der Waals surface area contributed by atoms with E-state index in [1.807, 2.05) is 6.07 Å². The highest BCUT2D eigenvalue weighted by molar-refractivity contribution is 9.10. The van der Waals surface area contributed by atoms with Crippen LogP contribution >= 0.6 is 26.6 Å². The lowest BCUT2D eigenvalue weighted by atomic mass is 10.2. The molecule has 0 N–H and O–H groups in total. The van der Waals surface area contributed by atoms with Crippen molar-refractivity contribution in [2.45, 2.75) is 6.42 Å². The molecule has 0 bridgehead atoms. The fourth-order valence-electron chi connectivity index (χ4n) is 0.832. The number of halogens is 2. The summed E-state index contributed by atoms with van der Waals surface area (Å²) < 4.78 is 22.1. The summed E-state index contributed by atoms with van der Waals surface area (Å²) in [5.74, 6) is -0.0628. The molecule has 0 radical (unpaired) electrons. The Kier molecular flexibility index (Phi) is 3.70. The van der Waals surface area contributed by atoms with Crippen LogP contribution in [-0.2, 0) is 15.5 Å². The normalized spacial score (nSPS) is 11.5. The lowest BCUT2D eigenvalue weighted by Gasteiger charge is -1.98. The number of rotatable bonds is 3. The van der Waals surface area contributed by atoms with Gasteiger partial charge in [0.2, 0.25) is 9.05 Å². The van der Waals surface area contributed by atoms with Crippen molar-refractivity contribution >= 4 is 35.7 Å². The van der Waals surface area contributed by atoms with Gasteiger partial charge in [-0.25, -0.2) is 8.42 Å². The minimum absolute atomic E-state index is 0.0628. The summed E-state index contributed by atoms with van der Waals surface area (Å²) in [6.07, 6.45) is 3.64. The van der Waals surface area contributed by atoms with Gasteiger partial charge in [-0.15, -0.1) is 0 Å². The number of aromatic nitrogens is 1. The van der Waals surface area contributed by atoms with E-state index in [4.69, 9.17) is 10.7 Å². The van der Waals surface area contributed by atoms with Gasteiger partial charge in [0.1, 0.15) is 0 Å². The summed E-state index contributed by atoms with van der Waals surface area (Å²) in [4.78, 5) is 3.90. The van der Waals surface area contributed by atoms with Crippen molar-refractivity contribution in [3.8, 4) is 0 Å². The smallest absolute Gasteiger partial charge is 0.232 e. The Morgan fingerprint density at radius 1 is 1.46 bits per heavy atom. The Labute approximate surface area is 89.7 Å². The number of pyridine rings is 1. The second-order valence-electron chi connectivity index (χ2n) is 2.50. The second-order valence-corrected chi connectivity index (χ2v) is 6.32. The van der Waals surface area contributed by atoms with Gasteiger partial charge < -0.3 is 0 Å². The highest BCUT2D eigenvalue weighted by atomic mass is 79.9. The van der Waals surface area contributed by atoms with Gasteiger partial charge in [0, 0.05) is 27.5 Å². The molecule has 1 aromatic heterocycles. The number of hydrogen-bond acceptors (Lipinski definition) is 3. The molecule has 0 saturated heterocycles. The molecule has 0 unspecified atom stereocenters. The minimum Gasteiger partial charge on any atom is -0.263 e. The Hall–Kier alpha value is -0.130. The van der Waals surface area contributed by atoms with Crippen LogP contribution in [0.4, 0.5) is 0 Å². The van der Waals surface area contributed by atoms with E-state index in [9.17, 15) is 8.42 Å². The third kappa shape index (κ3) is 4.59. The van der Waals surface area contributed by atoms with Crippen LogP contribution in [0.2, 0.25) is 0 Å². The highest BCUT2D eigenvalue weighted by Crippen LogP contribution is 2.11. The molecule has 13 heavy (non-hydrogen) atoms. The summed E-state index contributed by atoms with van der Waals surface area (Å²) >= 11 is 3.24. The van der Waals surface area contributed by atoms with Gasteiger partial charge in [-0.2, -0.15) is 0 Å². The molecule has 0 spiro atoms. The van der Waals surface area contributed by atoms with Crippen molar-refractivity contribution in [2.24, 2.45) is 0 Å². The molecule has 0 aliphatic rings. The minimum atomic E-state index is -3.41. The molecule has 3 nitrogen and oxygen atoms in total. The first-order valence-electron chi connectivity index (χ1n) is 3.49. The summed E-state index contributed by atoms with van der Waals surface area (Å²) in [5, 5.41) is 0. The lowest BCUT2D eigenvalue weighted by molar-refractivity contribution is 0.609. The molecule has 0 aliphatic heterocycles. The van der Waals surface area contributed by atoms with Crippen molar-refractivity contribution in [2.75, 3.05) is 5.75 Å². The fourth-order valence-corrected chi connectivity index (χ4v) is 1.96. The Morgan fingerprint density at radius 3 is 2.69 bits per heavy atom. The molecule has 1 aromatic rings. The van der Waals surface area contributed by atoms with Gasteiger partial charge in [-0.05, 0) is 34.0 Å². The number of hydrogen-bond donors (Lipinski definition) is 0. The van der Waals surface area contributed by atoms with Crippen LogP contribution in [0, 0.1) is 0 Å². The van der Waals surface area contributed by atoms with Crippen LogP contribution in [-0.4, -0.2) is 19.2 Å². The maximum Gasteiger partial charge on any atom is 0.232 e. The summed E-state index contributed by atoms with van der Waals surface area (Å²) in [5.41, 5.74) is 0.846. The molecule has 1 rings (SSSR count). The van der Waals surface area contributed by atoms with Crippen LogP contribution < -0.4 is 0 Å². The molecule has 72 valence electrons. The van der Waals surface area contributed by atoms with Gasteiger partial charge >= 0.3 is 0 Å². The summed E-state index contributed by atoms with van der Waals surface area (Å²) in [7, 11) is 1.66. The van der Waals surface area contributed by atoms with Crippen molar-refractivity contribution in [3.63, 3.8) is 0 Å². The number of nitrogens with zero attached hydrogens (tertiary/aromatic N) is 1. The lowest BCUT2D eigenvalue weighted by Crippen LogP contribution is -2.01. The first-order chi connectivity index (χ1) is 5.97. The van der Waals surface area contributed by atoms with Gasteiger partial charge in [0.05, 0.1) is 5.75 Å². The molecule has 0 atom stereocenters. The molecule has 0 aromatic carbocycles. The van der Waals surface area contributed by atoms with Crippen molar-refractivity contribution < 1.29 is 8.42 Å². The predicted octanol–water partition coefficient (Wildman–Crippen LogP) is 1.96. The van der Waals surface area contributed by atoms with E-state index < -0.39 is 9.05 Å². The van der Waals surface area contributed by atoms with E-state index in [0.29, 0.717) is 6.42 Å². The second kappa shape index (κ2) is 4.39. The van der Waals surface area contributed by atoms with E-state index in [2.05, 4.69) is 20.9 Å².